The van der Waals surface area contributed by atoms with Gasteiger partial charge in [-0.15, -0.1) is 0 Å². The lowest BCUT2D eigenvalue weighted by Crippen LogP contribution is -2.05. The zero-order valence-electron chi connectivity index (χ0n) is 26.2. The van der Waals surface area contributed by atoms with Gasteiger partial charge in [0.05, 0.1) is 56.1 Å². The van der Waals surface area contributed by atoms with Crippen molar-refractivity contribution in [3.05, 3.63) is 163 Å². The molecule has 3 aromatic heterocycles. The zero-order valence-corrected chi connectivity index (χ0v) is 26.2. The van der Waals surface area contributed by atoms with Crippen molar-refractivity contribution >= 4 is 65.4 Å². The van der Waals surface area contributed by atoms with Crippen molar-refractivity contribution < 1.29 is 0 Å². The molecule has 0 radical (unpaired) electrons. The van der Waals surface area contributed by atoms with Crippen molar-refractivity contribution in [1.29, 1.82) is 10.5 Å². The van der Waals surface area contributed by atoms with Crippen LogP contribution in [-0.2, 0) is 0 Å². The Labute approximate surface area is 280 Å². The van der Waals surface area contributed by atoms with Gasteiger partial charge in [-0.3, -0.25) is 0 Å². The molecule has 0 fully saturated rings. The fourth-order valence-electron chi connectivity index (χ4n) is 7.96. The predicted octanol–water partition coefficient (Wildman–Crippen LogP) is 10.7. The second kappa shape index (κ2) is 10.2. The highest BCUT2D eigenvalue weighted by atomic mass is 15.0. The van der Waals surface area contributed by atoms with E-state index in [1.54, 1.807) is 0 Å². The Morgan fingerprint density at radius 1 is 0.367 bits per heavy atom. The van der Waals surface area contributed by atoms with Crippen molar-refractivity contribution in [2.45, 2.75) is 0 Å². The van der Waals surface area contributed by atoms with Gasteiger partial charge in [-0.05, 0) is 60.7 Å². The SMILES string of the molecule is N#Cc1cc(-n2c3ccccc3c3ccccc32)c(C#N)c(-n2c3ccccc3c3c4c5ccccc5n(-c5ccccc5)c4ccc32)c1. The molecule has 10 rings (SSSR count). The van der Waals surface area contributed by atoms with Crippen molar-refractivity contribution in [3.8, 4) is 29.2 Å². The van der Waals surface area contributed by atoms with Crippen LogP contribution in [0.3, 0.4) is 0 Å². The largest absolute Gasteiger partial charge is 0.309 e. The molecule has 0 spiro atoms. The fraction of sp³-hybridized carbons (Fsp3) is 0. The van der Waals surface area contributed by atoms with Crippen molar-refractivity contribution in [1.82, 2.24) is 13.7 Å². The summed E-state index contributed by atoms with van der Waals surface area (Å²) in [6.07, 6.45) is 0. The summed E-state index contributed by atoms with van der Waals surface area (Å²) in [5.74, 6) is 0. The van der Waals surface area contributed by atoms with Gasteiger partial charge in [-0.2, -0.15) is 10.5 Å². The van der Waals surface area contributed by atoms with E-state index in [4.69, 9.17) is 0 Å². The maximum atomic E-state index is 11.0. The van der Waals surface area contributed by atoms with E-state index >= 15 is 0 Å². The van der Waals surface area contributed by atoms with E-state index in [1.165, 1.54) is 0 Å². The van der Waals surface area contributed by atoms with Gasteiger partial charge in [-0.1, -0.05) is 91.0 Å². The van der Waals surface area contributed by atoms with Crippen molar-refractivity contribution in [2.24, 2.45) is 0 Å². The highest BCUT2D eigenvalue weighted by molar-refractivity contribution is 6.29. The van der Waals surface area contributed by atoms with Crippen molar-refractivity contribution in [2.75, 3.05) is 0 Å². The van der Waals surface area contributed by atoms with Crippen LogP contribution in [-0.4, -0.2) is 13.7 Å². The minimum Gasteiger partial charge on any atom is -0.309 e. The summed E-state index contributed by atoms with van der Waals surface area (Å²) in [4.78, 5) is 0. The third-order valence-electron chi connectivity index (χ3n) is 9.89. The van der Waals surface area contributed by atoms with E-state index in [9.17, 15) is 10.5 Å². The predicted molar refractivity (Wildman–Crippen MR) is 199 cm³/mol. The molecule has 5 nitrogen and oxygen atoms in total. The minimum atomic E-state index is 0.485. The molecule has 226 valence electrons. The third-order valence-corrected chi connectivity index (χ3v) is 9.89. The lowest BCUT2D eigenvalue weighted by atomic mass is 10.1. The molecule has 7 aromatic carbocycles. The lowest BCUT2D eigenvalue weighted by Gasteiger charge is -2.16. The van der Waals surface area contributed by atoms with Crippen LogP contribution in [0.25, 0.3) is 82.5 Å². The van der Waals surface area contributed by atoms with Gasteiger partial charge in [0.2, 0.25) is 0 Å². The van der Waals surface area contributed by atoms with Crippen LogP contribution in [0.2, 0.25) is 0 Å². The Balaban J connectivity index is 1.37. The summed E-state index contributed by atoms with van der Waals surface area (Å²) in [6.45, 7) is 0. The van der Waals surface area contributed by atoms with Gasteiger partial charge in [0.1, 0.15) is 11.6 Å². The molecular weight excluding hydrogens is 599 g/mol. The maximum Gasteiger partial charge on any atom is 0.104 e. The third kappa shape index (κ3) is 3.67. The summed E-state index contributed by atoms with van der Waals surface area (Å²) in [5, 5.41) is 28.2. The van der Waals surface area contributed by atoms with Crippen LogP contribution in [0.15, 0.2) is 152 Å². The van der Waals surface area contributed by atoms with Crippen LogP contribution >= 0.6 is 0 Å². The normalized spacial score (nSPS) is 11.6. The molecule has 0 N–H and O–H groups in total. The Kier molecular flexibility index (Phi) is 5.64. The fourth-order valence-corrected chi connectivity index (χ4v) is 7.96. The highest BCUT2D eigenvalue weighted by Gasteiger charge is 2.24. The highest BCUT2D eigenvalue weighted by Crippen LogP contribution is 2.43. The molecule has 3 heterocycles. The van der Waals surface area contributed by atoms with E-state index in [-0.39, 0.29) is 0 Å². The zero-order chi connectivity index (χ0) is 32.6. The molecule has 0 aliphatic rings. The van der Waals surface area contributed by atoms with E-state index in [1.807, 2.05) is 48.5 Å². The summed E-state index contributed by atoms with van der Waals surface area (Å²) >= 11 is 0. The molecule has 0 aliphatic heterocycles. The Bertz CT molecular complexity index is 3020. The molecule has 10 aromatic rings. The Morgan fingerprint density at radius 2 is 0.776 bits per heavy atom. The standard InChI is InChI=1S/C44H25N5/c45-26-28-24-41(48-35-18-8-4-14-30(35)31-15-5-9-19-36(31)48)34(27-46)42(25-28)49-38-21-11-7-17-33(38)44-40(49)23-22-39-43(44)32-16-6-10-20-37(32)47(39)29-12-2-1-3-13-29/h1-25H. The maximum absolute atomic E-state index is 11.0. The smallest absolute Gasteiger partial charge is 0.104 e. The molecule has 0 bridgehead atoms. The number of rotatable bonds is 3. The summed E-state index contributed by atoms with van der Waals surface area (Å²) in [5.41, 5.74) is 9.60. The van der Waals surface area contributed by atoms with Gasteiger partial charge in [0, 0.05) is 38.0 Å². The van der Waals surface area contributed by atoms with E-state index < -0.39 is 0 Å². The number of nitriles is 2. The van der Waals surface area contributed by atoms with Crippen LogP contribution in [0.1, 0.15) is 11.1 Å². The van der Waals surface area contributed by atoms with Crippen molar-refractivity contribution in [3.63, 3.8) is 0 Å². The van der Waals surface area contributed by atoms with E-state index in [0.717, 1.165) is 71.1 Å². The van der Waals surface area contributed by atoms with Crippen LogP contribution in [0, 0.1) is 22.7 Å². The summed E-state index contributed by atoms with van der Waals surface area (Å²) in [6, 6.07) is 56.9. The number of fused-ring (bicyclic) bond motifs is 10. The second-order valence-corrected chi connectivity index (χ2v) is 12.4. The molecule has 49 heavy (non-hydrogen) atoms. The summed E-state index contributed by atoms with van der Waals surface area (Å²) in [7, 11) is 0. The minimum absolute atomic E-state index is 0.485. The van der Waals surface area contributed by atoms with Crippen LogP contribution in [0.4, 0.5) is 0 Å². The van der Waals surface area contributed by atoms with E-state index in [2.05, 4.69) is 129 Å². The van der Waals surface area contributed by atoms with Gasteiger partial charge >= 0.3 is 0 Å². The Morgan fingerprint density at radius 3 is 1.29 bits per heavy atom. The monoisotopic (exact) mass is 623 g/mol. The lowest BCUT2D eigenvalue weighted by molar-refractivity contribution is 1.11. The van der Waals surface area contributed by atoms with Crippen LogP contribution < -0.4 is 0 Å². The topological polar surface area (TPSA) is 62.4 Å². The van der Waals surface area contributed by atoms with Gasteiger partial charge in [-0.25, -0.2) is 0 Å². The summed E-state index contributed by atoms with van der Waals surface area (Å²) < 4.78 is 6.64. The molecule has 0 atom stereocenters. The molecule has 0 aliphatic carbocycles. The number of hydrogen-bond acceptors (Lipinski definition) is 2. The first-order chi connectivity index (χ1) is 24.3. The van der Waals surface area contributed by atoms with Gasteiger partial charge < -0.3 is 13.7 Å². The first kappa shape index (κ1) is 27.1. The number of para-hydroxylation sites is 5. The Hall–Kier alpha value is -7.08. The molecule has 0 saturated heterocycles. The molecule has 0 saturated carbocycles. The van der Waals surface area contributed by atoms with Crippen LogP contribution in [0.5, 0.6) is 0 Å². The molecule has 0 unspecified atom stereocenters. The number of hydrogen-bond donors (Lipinski definition) is 0. The number of nitrogens with zero attached hydrogens (tertiary/aromatic N) is 5. The average Bonchev–Trinajstić information content (AvgIpc) is 3.80. The number of benzene rings is 7. The average molecular weight is 624 g/mol. The molecule has 5 heteroatoms. The van der Waals surface area contributed by atoms with E-state index in [0.29, 0.717) is 22.5 Å². The first-order valence-electron chi connectivity index (χ1n) is 16.2. The quantitative estimate of drug-likeness (QED) is 0.197. The second-order valence-electron chi connectivity index (χ2n) is 12.4. The molecular formula is C44H25N5. The van der Waals surface area contributed by atoms with Gasteiger partial charge in [0.25, 0.3) is 0 Å². The first-order valence-corrected chi connectivity index (χ1v) is 16.2. The van der Waals surface area contributed by atoms with Gasteiger partial charge in [0.15, 0.2) is 0 Å². The number of aromatic nitrogens is 3. The molecule has 0 amide bonds.